The van der Waals surface area contributed by atoms with Crippen molar-refractivity contribution < 1.29 is 4.79 Å². The maximum absolute atomic E-state index is 13.1. The van der Waals surface area contributed by atoms with E-state index in [2.05, 4.69) is 15.5 Å². The molecular formula is C22H21ClN4O2. The van der Waals surface area contributed by atoms with E-state index in [4.69, 9.17) is 11.6 Å². The van der Waals surface area contributed by atoms with Crippen LogP contribution < -0.4 is 10.9 Å². The van der Waals surface area contributed by atoms with Crippen LogP contribution in [0.25, 0.3) is 21.8 Å². The normalized spacial score (nSPS) is 11.3. The summed E-state index contributed by atoms with van der Waals surface area (Å²) in [6.45, 7) is 4.57. The molecule has 6 nitrogen and oxygen atoms in total. The first-order chi connectivity index (χ1) is 13.9. The lowest BCUT2D eigenvalue weighted by molar-refractivity contribution is -0.121. The molecule has 0 aliphatic carbocycles. The SMILES string of the molecule is Cc1ccc(CNC(=O)CCn2c(=O)c3c(C)[nH]nc3c3cc(Cl)ccc32)cc1. The molecule has 0 fully saturated rings. The van der Waals surface area contributed by atoms with Gasteiger partial charge in [-0.3, -0.25) is 14.7 Å². The number of aromatic nitrogens is 3. The molecule has 7 heteroatoms. The zero-order chi connectivity index (χ0) is 20.5. The van der Waals surface area contributed by atoms with E-state index in [0.29, 0.717) is 33.7 Å². The highest BCUT2D eigenvalue weighted by Gasteiger charge is 2.16. The summed E-state index contributed by atoms with van der Waals surface area (Å²) < 4.78 is 1.63. The van der Waals surface area contributed by atoms with Crippen LogP contribution >= 0.6 is 11.6 Å². The van der Waals surface area contributed by atoms with Crippen molar-refractivity contribution in [3.05, 3.63) is 74.7 Å². The van der Waals surface area contributed by atoms with E-state index in [1.54, 1.807) is 22.8 Å². The molecule has 29 heavy (non-hydrogen) atoms. The van der Waals surface area contributed by atoms with Crippen molar-refractivity contribution in [3.63, 3.8) is 0 Å². The Morgan fingerprint density at radius 3 is 2.69 bits per heavy atom. The molecule has 2 aromatic carbocycles. The number of hydrogen-bond donors (Lipinski definition) is 2. The Balaban J connectivity index is 1.59. The summed E-state index contributed by atoms with van der Waals surface area (Å²) in [5, 5.41) is 12.0. The lowest BCUT2D eigenvalue weighted by atomic mass is 10.1. The van der Waals surface area contributed by atoms with Crippen LogP contribution in [0, 0.1) is 13.8 Å². The molecule has 1 amide bonds. The van der Waals surface area contributed by atoms with Gasteiger partial charge >= 0.3 is 0 Å². The number of carbonyl (C=O) groups is 1. The molecule has 2 aromatic heterocycles. The highest BCUT2D eigenvalue weighted by atomic mass is 35.5. The minimum absolute atomic E-state index is 0.108. The van der Waals surface area contributed by atoms with Crippen LogP contribution in [-0.4, -0.2) is 20.7 Å². The van der Waals surface area contributed by atoms with E-state index in [-0.39, 0.29) is 24.4 Å². The highest BCUT2D eigenvalue weighted by molar-refractivity contribution is 6.31. The third kappa shape index (κ3) is 3.76. The fourth-order valence-electron chi connectivity index (χ4n) is 3.49. The molecule has 2 heterocycles. The zero-order valence-electron chi connectivity index (χ0n) is 16.3. The predicted octanol–water partition coefficient (Wildman–Crippen LogP) is 3.85. The second kappa shape index (κ2) is 7.72. The third-order valence-corrected chi connectivity index (χ3v) is 5.32. The average molecular weight is 409 g/mol. The van der Waals surface area contributed by atoms with Crippen molar-refractivity contribution in [1.82, 2.24) is 20.1 Å². The van der Waals surface area contributed by atoms with Crippen molar-refractivity contribution in [1.29, 1.82) is 0 Å². The lowest BCUT2D eigenvalue weighted by Crippen LogP contribution is -2.27. The van der Waals surface area contributed by atoms with Gasteiger partial charge in [-0.2, -0.15) is 5.10 Å². The van der Waals surface area contributed by atoms with Crippen LogP contribution in [0.1, 0.15) is 23.2 Å². The van der Waals surface area contributed by atoms with Gasteiger partial charge in [0.05, 0.1) is 10.9 Å². The number of aromatic amines is 1. The fourth-order valence-corrected chi connectivity index (χ4v) is 3.67. The summed E-state index contributed by atoms with van der Waals surface area (Å²) in [6.07, 6.45) is 0.200. The van der Waals surface area contributed by atoms with Crippen LogP contribution in [0.3, 0.4) is 0 Å². The fraction of sp³-hybridized carbons (Fsp3) is 0.227. The van der Waals surface area contributed by atoms with Crippen LogP contribution in [-0.2, 0) is 17.9 Å². The Morgan fingerprint density at radius 2 is 1.93 bits per heavy atom. The Hall–Kier alpha value is -3.12. The molecule has 0 unspecified atom stereocenters. The molecule has 0 aliphatic heterocycles. The number of pyridine rings is 1. The summed E-state index contributed by atoms with van der Waals surface area (Å²) in [5.41, 5.74) is 4.07. The van der Waals surface area contributed by atoms with Gasteiger partial charge in [0, 0.05) is 35.6 Å². The summed E-state index contributed by atoms with van der Waals surface area (Å²) in [6, 6.07) is 13.4. The molecule has 148 valence electrons. The van der Waals surface area contributed by atoms with Gasteiger partial charge in [0.15, 0.2) is 0 Å². The first kappa shape index (κ1) is 19.2. The number of amides is 1. The number of benzene rings is 2. The molecule has 0 radical (unpaired) electrons. The Labute approximate surface area is 172 Å². The van der Waals surface area contributed by atoms with Gasteiger partial charge in [0.1, 0.15) is 5.52 Å². The van der Waals surface area contributed by atoms with Gasteiger partial charge in [0.25, 0.3) is 5.56 Å². The predicted molar refractivity (Wildman–Crippen MR) is 115 cm³/mol. The van der Waals surface area contributed by atoms with E-state index in [9.17, 15) is 9.59 Å². The highest BCUT2D eigenvalue weighted by Crippen LogP contribution is 2.25. The molecule has 0 spiro atoms. The Kier molecular flexibility index (Phi) is 5.11. The maximum atomic E-state index is 13.1. The van der Waals surface area contributed by atoms with Gasteiger partial charge < -0.3 is 9.88 Å². The maximum Gasteiger partial charge on any atom is 0.262 e. The topological polar surface area (TPSA) is 79.8 Å². The Bertz CT molecular complexity index is 1270. The molecule has 4 aromatic rings. The molecular weight excluding hydrogens is 388 g/mol. The van der Waals surface area contributed by atoms with Crippen LogP contribution in [0.15, 0.2) is 47.3 Å². The van der Waals surface area contributed by atoms with Crippen molar-refractivity contribution in [2.24, 2.45) is 0 Å². The van der Waals surface area contributed by atoms with E-state index in [0.717, 1.165) is 10.9 Å². The minimum Gasteiger partial charge on any atom is -0.352 e. The molecule has 0 saturated carbocycles. The number of rotatable bonds is 5. The number of H-pyrrole nitrogens is 1. The van der Waals surface area contributed by atoms with Crippen molar-refractivity contribution in [2.75, 3.05) is 0 Å². The van der Waals surface area contributed by atoms with Crippen LogP contribution in [0.5, 0.6) is 0 Å². The van der Waals surface area contributed by atoms with Crippen molar-refractivity contribution >= 4 is 39.3 Å². The van der Waals surface area contributed by atoms with E-state index < -0.39 is 0 Å². The summed E-state index contributed by atoms with van der Waals surface area (Å²) in [7, 11) is 0. The molecule has 0 saturated heterocycles. The average Bonchev–Trinajstić information content (AvgIpc) is 3.10. The number of aryl methyl sites for hydroxylation is 3. The molecule has 0 atom stereocenters. The lowest BCUT2D eigenvalue weighted by Gasteiger charge is -2.12. The smallest absolute Gasteiger partial charge is 0.262 e. The van der Waals surface area contributed by atoms with Crippen molar-refractivity contribution in [3.8, 4) is 0 Å². The first-order valence-electron chi connectivity index (χ1n) is 9.43. The third-order valence-electron chi connectivity index (χ3n) is 5.08. The minimum atomic E-state index is -0.160. The van der Waals surface area contributed by atoms with Gasteiger partial charge in [-0.05, 0) is 37.6 Å². The number of hydrogen-bond acceptors (Lipinski definition) is 3. The van der Waals surface area contributed by atoms with E-state index >= 15 is 0 Å². The van der Waals surface area contributed by atoms with E-state index in [1.807, 2.05) is 38.1 Å². The first-order valence-corrected chi connectivity index (χ1v) is 9.81. The molecule has 0 aliphatic rings. The monoisotopic (exact) mass is 408 g/mol. The number of fused-ring (bicyclic) bond motifs is 3. The Morgan fingerprint density at radius 1 is 1.17 bits per heavy atom. The van der Waals surface area contributed by atoms with E-state index in [1.165, 1.54) is 5.56 Å². The van der Waals surface area contributed by atoms with Crippen LogP contribution in [0.4, 0.5) is 0 Å². The van der Waals surface area contributed by atoms with Gasteiger partial charge in [-0.15, -0.1) is 0 Å². The van der Waals surface area contributed by atoms with Crippen LogP contribution in [0.2, 0.25) is 5.02 Å². The second-order valence-corrected chi connectivity index (χ2v) is 7.64. The van der Waals surface area contributed by atoms with Gasteiger partial charge in [0.2, 0.25) is 5.91 Å². The van der Waals surface area contributed by atoms with Gasteiger partial charge in [-0.25, -0.2) is 0 Å². The standard InChI is InChI=1S/C22H21ClN4O2/c1-13-3-5-15(6-4-13)12-24-19(28)9-10-27-18-8-7-16(23)11-17(18)21-20(22(27)29)14(2)25-26-21/h3-8,11H,9-10,12H2,1-2H3,(H,24,28)(H,25,26). The summed E-state index contributed by atoms with van der Waals surface area (Å²) >= 11 is 6.17. The number of nitrogens with one attached hydrogen (secondary N) is 2. The zero-order valence-corrected chi connectivity index (χ0v) is 17.0. The second-order valence-electron chi connectivity index (χ2n) is 7.20. The quantitative estimate of drug-likeness (QED) is 0.526. The number of carbonyl (C=O) groups excluding carboxylic acids is 1. The molecule has 0 bridgehead atoms. The summed E-state index contributed by atoms with van der Waals surface area (Å²) in [5.74, 6) is -0.108. The summed E-state index contributed by atoms with van der Waals surface area (Å²) in [4.78, 5) is 25.4. The molecule has 4 rings (SSSR count). The molecule has 2 N–H and O–H groups in total. The van der Waals surface area contributed by atoms with Gasteiger partial charge in [-0.1, -0.05) is 41.4 Å². The number of halogens is 1. The van der Waals surface area contributed by atoms with Crippen molar-refractivity contribution in [2.45, 2.75) is 33.4 Å². The number of nitrogens with zero attached hydrogens (tertiary/aromatic N) is 2. The largest absolute Gasteiger partial charge is 0.352 e.